The number of hydrogen-bond acceptors (Lipinski definition) is 3. The Morgan fingerprint density at radius 3 is 2.33 bits per heavy atom. The highest BCUT2D eigenvalue weighted by Crippen LogP contribution is 2.31. The zero-order valence-corrected chi connectivity index (χ0v) is 10.2. The van der Waals surface area contributed by atoms with Gasteiger partial charge in [-0.3, -0.25) is 4.55 Å². The van der Waals surface area contributed by atoms with Crippen molar-refractivity contribution in [2.75, 3.05) is 5.75 Å². The Balaban J connectivity index is 3.14. The Bertz CT molecular complexity index is 540. The summed E-state index contributed by atoms with van der Waals surface area (Å²) >= 11 is 0. The highest BCUT2D eigenvalue weighted by atomic mass is 32.2. The van der Waals surface area contributed by atoms with Crippen molar-refractivity contribution in [3.63, 3.8) is 0 Å². The second kappa shape index (κ2) is 4.87. The highest BCUT2D eigenvalue weighted by Gasteiger charge is 2.31. The lowest BCUT2D eigenvalue weighted by atomic mass is 10.0. The molecule has 0 aliphatic heterocycles. The lowest BCUT2D eigenvalue weighted by molar-refractivity contribution is -0.137. The van der Waals surface area contributed by atoms with Gasteiger partial charge in [0.05, 0.1) is 11.3 Å². The van der Waals surface area contributed by atoms with Crippen LogP contribution in [0.2, 0.25) is 0 Å². The molecule has 0 amide bonds. The van der Waals surface area contributed by atoms with Gasteiger partial charge in [-0.05, 0) is 24.6 Å². The molecule has 1 aromatic carbocycles. The molecule has 0 bridgehead atoms. The molecule has 1 unspecified atom stereocenters. The molecule has 102 valence electrons. The lowest BCUT2D eigenvalue weighted by Crippen LogP contribution is -2.22. The average molecular weight is 283 g/mol. The van der Waals surface area contributed by atoms with E-state index in [2.05, 4.69) is 0 Å². The van der Waals surface area contributed by atoms with Crippen molar-refractivity contribution >= 4 is 10.1 Å². The summed E-state index contributed by atoms with van der Waals surface area (Å²) in [5.41, 5.74) is 4.88. The van der Waals surface area contributed by atoms with Crippen LogP contribution in [-0.2, 0) is 16.3 Å². The molecule has 1 aromatic rings. The minimum absolute atomic E-state index is 0.0138. The van der Waals surface area contributed by atoms with Crippen LogP contribution in [0.15, 0.2) is 18.2 Å². The number of alkyl halides is 3. The predicted molar refractivity (Wildman–Crippen MR) is 59.5 cm³/mol. The first kappa shape index (κ1) is 14.9. The van der Waals surface area contributed by atoms with E-state index in [1.54, 1.807) is 0 Å². The number of rotatable bonds is 3. The van der Waals surface area contributed by atoms with E-state index in [4.69, 9.17) is 10.3 Å². The molecule has 4 nitrogen and oxygen atoms in total. The molecule has 0 aliphatic carbocycles. The van der Waals surface area contributed by atoms with Crippen molar-refractivity contribution in [1.82, 2.24) is 0 Å². The minimum Gasteiger partial charge on any atom is -0.323 e. The van der Waals surface area contributed by atoms with Gasteiger partial charge in [0.15, 0.2) is 0 Å². The Morgan fingerprint density at radius 1 is 1.33 bits per heavy atom. The number of halogens is 3. The summed E-state index contributed by atoms with van der Waals surface area (Å²) in [5.74, 6) is -0.826. The van der Waals surface area contributed by atoms with Crippen molar-refractivity contribution in [3.05, 3.63) is 34.9 Å². The van der Waals surface area contributed by atoms with E-state index in [1.807, 2.05) is 0 Å². The van der Waals surface area contributed by atoms with Gasteiger partial charge in [-0.25, -0.2) is 0 Å². The second-order valence-corrected chi connectivity index (χ2v) is 5.48. The second-order valence-electron chi connectivity index (χ2n) is 3.99. The standard InChI is InChI=1S/C10H12F3NO3S/c1-6-2-7(9(14)5-18(15,16)17)4-8(3-6)10(11,12)13/h2-4,9H,5,14H2,1H3,(H,15,16,17). The largest absolute Gasteiger partial charge is 0.416 e. The fourth-order valence-corrected chi connectivity index (χ4v) is 2.16. The van der Waals surface area contributed by atoms with Gasteiger partial charge < -0.3 is 5.73 Å². The van der Waals surface area contributed by atoms with Gasteiger partial charge in [0.1, 0.15) is 0 Å². The first-order chi connectivity index (χ1) is 7.99. The normalized spacial score (nSPS) is 14.6. The van der Waals surface area contributed by atoms with Gasteiger partial charge >= 0.3 is 6.18 Å². The number of nitrogens with two attached hydrogens (primary N) is 1. The van der Waals surface area contributed by atoms with Crippen LogP contribution in [0.1, 0.15) is 22.7 Å². The maximum Gasteiger partial charge on any atom is 0.416 e. The third-order valence-electron chi connectivity index (χ3n) is 2.25. The Hall–Kier alpha value is -1.12. The molecule has 1 rings (SSSR count). The van der Waals surface area contributed by atoms with Gasteiger partial charge in [0.25, 0.3) is 10.1 Å². The molecule has 0 aromatic heterocycles. The van der Waals surface area contributed by atoms with E-state index >= 15 is 0 Å². The fraction of sp³-hybridized carbons (Fsp3) is 0.400. The number of benzene rings is 1. The van der Waals surface area contributed by atoms with Gasteiger partial charge in [-0.15, -0.1) is 0 Å². The van der Waals surface area contributed by atoms with Gasteiger partial charge in [-0.2, -0.15) is 21.6 Å². The highest BCUT2D eigenvalue weighted by molar-refractivity contribution is 7.85. The molecular formula is C10H12F3NO3S. The van der Waals surface area contributed by atoms with Crippen molar-refractivity contribution in [2.24, 2.45) is 5.73 Å². The van der Waals surface area contributed by atoms with Crippen molar-refractivity contribution in [1.29, 1.82) is 0 Å². The van der Waals surface area contributed by atoms with Gasteiger partial charge in [-0.1, -0.05) is 11.6 Å². The lowest BCUT2D eigenvalue weighted by Gasteiger charge is -2.14. The summed E-state index contributed by atoms with van der Waals surface area (Å²) in [7, 11) is -4.34. The van der Waals surface area contributed by atoms with E-state index < -0.39 is 33.7 Å². The van der Waals surface area contributed by atoms with E-state index in [9.17, 15) is 21.6 Å². The monoisotopic (exact) mass is 283 g/mol. The van der Waals surface area contributed by atoms with E-state index in [1.165, 1.54) is 13.0 Å². The van der Waals surface area contributed by atoms with E-state index in [0.717, 1.165) is 12.1 Å². The summed E-state index contributed by atoms with van der Waals surface area (Å²) in [6.07, 6.45) is -4.53. The predicted octanol–water partition coefficient (Wildman–Crippen LogP) is 1.90. The van der Waals surface area contributed by atoms with Crippen LogP contribution < -0.4 is 5.73 Å². The van der Waals surface area contributed by atoms with Crippen LogP contribution in [0.3, 0.4) is 0 Å². The fourth-order valence-electron chi connectivity index (χ4n) is 1.51. The Labute approximate surface area is 102 Å². The van der Waals surface area contributed by atoms with E-state index in [-0.39, 0.29) is 5.56 Å². The third-order valence-corrected chi connectivity index (χ3v) is 3.03. The SMILES string of the molecule is Cc1cc(C(N)CS(=O)(=O)O)cc(C(F)(F)F)c1. The molecule has 0 heterocycles. The van der Waals surface area contributed by atoms with E-state index in [0.29, 0.717) is 5.56 Å². The molecule has 0 saturated carbocycles. The van der Waals surface area contributed by atoms with Gasteiger partial charge in [0.2, 0.25) is 0 Å². The zero-order valence-electron chi connectivity index (χ0n) is 9.40. The number of hydrogen-bond donors (Lipinski definition) is 2. The molecule has 0 saturated heterocycles. The number of aryl methyl sites for hydroxylation is 1. The Kier molecular flexibility index (Phi) is 4.04. The molecule has 0 aliphatic rings. The third kappa shape index (κ3) is 4.28. The quantitative estimate of drug-likeness (QED) is 0.830. The first-order valence-electron chi connectivity index (χ1n) is 4.88. The van der Waals surface area contributed by atoms with Crippen LogP contribution in [0, 0.1) is 6.92 Å². The maximum absolute atomic E-state index is 12.5. The van der Waals surface area contributed by atoms with Crippen LogP contribution in [0.4, 0.5) is 13.2 Å². The van der Waals surface area contributed by atoms with Crippen LogP contribution in [0.5, 0.6) is 0 Å². The molecule has 0 radical (unpaired) electrons. The molecular weight excluding hydrogens is 271 g/mol. The molecule has 3 N–H and O–H groups in total. The minimum atomic E-state index is -4.53. The van der Waals surface area contributed by atoms with Crippen LogP contribution in [-0.4, -0.2) is 18.7 Å². The van der Waals surface area contributed by atoms with Crippen molar-refractivity contribution in [3.8, 4) is 0 Å². The smallest absolute Gasteiger partial charge is 0.323 e. The molecule has 0 spiro atoms. The van der Waals surface area contributed by atoms with Crippen LogP contribution >= 0.6 is 0 Å². The zero-order chi connectivity index (χ0) is 14.1. The van der Waals surface area contributed by atoms with Crippen molar-refractivity contribution in [2.45, 2.75) is 19.1 Å². The summed E-state index contributed by atoms with van der Waals surface area (Å²) < 4.78 is 67.5. The molecule has 18 heavy (non-hydrogen) atoms. The topological polar surface area (TPSA) is 80.4 Å². The average Bonchev–Trinajstić information content (AvgIpc) is 2.12. The summed E-state index contributed by atoms with van der Waals surface area (Å²) in [6.45, 7) is 1.44. The maximum atomic E-state index is 12.5. The first-order valence-corrected chi connectivity index (χ1v) is 6.49. The van der Waals surface area contributed by atoms with Gasteiger partial charge in [0, 0.05) is 6.04 Å². The Morgan fingerprint density at radius 2 is 1.89 bits per heavy atom. The molecule has 1 atom stereocenters. The van der Waals surface area contributed by atoms with Crippen molar-refractivity contribution < 1.29 is 26.1 Å². The summed E-state index contributed by atoms with van der Waals surface area (Å²) in [4.78, 5) is 0. The summed E-state index contributed by atoms with van der Waals surface area (Å²) in [6, 6.07) is 1.86. The summed E-state index contributed by atoms with van der Waals surface area (Å²) in [5, 5.41) is 0. The van der Waals surface area contributed by atoms with Crippen LogP contribution in [0.25, 0.3) is 0 Å². The molecule has 8 heteroatoms. The molecule has 0 fully saturated rings.